The van der Waals surface area contributed by atoms with Crippen molar-refractivity contribution in [3.63, 3.8) is 0 Å². The van der Waals surface area contributed by atoms with Crippen molar-refractivity contribution in [2.75, 3.05) is 26.3 Å². The number of benzene rings is 1. The first kappa shape index (κ1) is 18.6. The molecule has 1 aromatic carbocycles. The summed E-state index contributed by atoms with van der Waals surface area (Å²) >= 11 is 0. The first-order valence-corrected chi connectivity index (χ1v) is 9.93. The Morgan fingerprint density at radius 2 is 1.85 bits per heavy atom. The summed E-state index contributed by atoms with van der Waals surface area (Å²) in [6.45, 7) is 5.84. The van der Waals surface area contributed by atoms with E-state index in [2.05, 4.69) is 10.3 Å². The van der Waals surface area contributed by atoms with Crippen LogP contribution in [-0.2, 0) is 21.3 Å². The number of hydrogen-bond acceptors (Lipinski definition) is 4. The number of aryl methyl sites for hydroxylation is 2. The smallest absolute Gasteiger partial charge is 0.251 e. The summed E-state index contributed by atoms with van der Waals surface area (Å²) in [6, 6.07) is 8.03. The third-order valence-electron chi connectivity index (χ3n) is 4.42. The van der Waals surface area contributed by atoms with Crippen molar-refractivity contribution >= 4 is 15.9 Å². The highest BCUT2D eigenvalue weighted by atomic mass is 32.2. The van der Waals surface area contributed by atoms with E-state index < -0.39 is 10.0 Å². The molecular weight excluding hydrogens is 354 g/mol. The third kappa shape index (κ3) is 3.98. The highest BCUT2D eigenvalue weighted by Gasteiger charge is 2.26. The predicted molar refractivity (Wildman–Crippen MR) is 97.5 cm³/mol. The molecule has 1 aliphatic rings. The van der Waals surface area contributed by atoms with Crippen LogP contribution in [0.3, 0.4) is 0 Å². The maximum absolute atomic E-state index is 12.6. The van der Waals surface area contributed by atoms with Crippen molar-refractivity contribution in [3.05, 3.63) is 52.8 Å². The number of nitrogens with one attached hydrogen (secondary N) is 2. The molecule has 1 fully saturated rings. The van der Waals surface area contributed by atoms with Crippen LogP contribution < -0.4 is 5.32 Å². The Hall–Kier alpha value is -2.16. The van der Waals surface area contributed by atoms with E-state index in [0.717, 1.165) is 17.0 Å². The normalized spacial score (nSPS) is 15.8. The number of rotatable bonds is 5. The molecule has 140 valence electrons. The zero-order valence-electron chi connectivity index (χ0n) is 14.9. The van der Waals surface area contributed by atoms with Crippen LogP contribution in [0.5, 0.6) is 0 Å². The molecule has 8 heteroatoms. The highest BCUT2D eigenvalue weighted by molar-refractivity contribution is 7.89. The number of nitrogens with zero attached hydrogens (tertiary/aromatic N) is 1. The average Bonchev–Trinajstić information content (AvgIpc) is 2.97. The van der Waals surface area contributed by atoms with E-state index in [0.29, 0.717) is 38.4 Å². The predicted octanol–water partition coefficient (Wildman–Crippen LogP) is 1.58. The lowest BCUT2D eigenvalue weighted by molar-refractivity contribution is 0.0730. The van der Waals surface area contributed by atoms with Crippen LogP contribution in [0, 0.1) is 13.8 Å². The van der Waals surface area contributed by atoms with Crippen molar-refractivity contribution in [1.82, 2.24) is 14.6 Å². The maximum atomic E-state index is 12.6. The molecule has 7 nitrogen and oxygen atoms in total. The van der Waals surface area contributed by atoms with Crippen LogP contribution in [0.25, 0.3) is 0 Å². The Kier molecular flexibility index (Phi) is 5.45. The van der Waals surface area contributed by atoms with Gasteiger partial charge in [0.05, 0.1) is 18.1 Å². The first-order valence-electron chi connectivity index (χ1n) is 8.49. The summed E-state index contributed by atoms with van der Waals surface area (Å²) < 4.78 is 31.8. The number of hydrogen-bond donors (Lipinski definition) is 2. The molecule has 0 unspecified atom stereocenters. The van der Waals surface area contributed by atoms with Crippen molar-refractivity contribution in [3.8, 4) is 0 Å². The topological polar surface area (TPSA) is 91.5 Å². The lowest BCUT2D eigenvalue weighted by Gasteiger charge is -2.26. The van der Waals surface area contributed by atoms with Crippen LogP contribution in [0.15, 0.2) is 35.2 Å². The molecule has 2 heterocycles. The minimum absolute atomic E-state index is 0.188. The van der Waals surface area contributed by atoms with Crippen molar-refractivity contribution in [1.29, 1.82) is 0 Å². The average molecular weight is 377 g/mol. The van der Waals surface area contributed by atoms with Crippen LogP contribution in [-0.4, -0.2) is 49.9 Å². The number of aromatic amines is 1. The Balaban J connectivity index is 1.66. The summed E-state index contributed by atoms with van der Waals surface area (Å²) in [5, 5.41) is 2.86. The van der Waals surface area contributed by atoms with Crippen molar-refractivity contribution < 1.29 is 17.9 Å². The molecule has 0 bridgehead atoms. The fourth-order valence-electron chi connectivity index (χ4n) is 2.96. The van der Waals surface area contributed by atoms with Gasteiger partial charge in [-0.2, -0.15) is 4.31 Å². The van der Waals surface area contributed by atoms with E-state index in [-0.39, 0.29) is 10.8 Å². The third-order valence-corrected chi connectivity index (χ3v) is 6.33. The Labute approximate surface area is 153 Å². The summed E-state index contributed by atoms with van der Waals surface area (Å²) in [6.07, 6.45) is 0. The molecule has 0 aliphatic carbocycles. The number of H-pyrrole nitrogens is 1. The standard InChI is InChI=1S/C18H23N3O4S/c1-13-11-16(14(2)20-13)12-19-18(22)15-3-5-17(6-4-15)26(23,24)21-7-9-25-10-8-21/h3-6,11,20H,7-10,12H2,1-2H3,(H,19,22). The van der Waals surface area contributed by atoms with Crippen molar-refractivity contribution in [2.24, 2.45) is 0 Å². The second kappa shape index (κ2) is 7.61. The van der Waals surface area contributed by atoms with Crippen LogP contribution in [0.4, 0.5) is 0 Å². The molecule has 1 aromatic heterocycles. The molecule has 1 aliphatic heterocycles. The number of morpholine rings is 1. The number of amides is 1. The largest absolute Gasteiger partial charge is 0.379 e. The van der Waals surface area contributed by atoms with E-state index in [1.807, 2.05) is 19.9 Å². The first-order chi connectivity index (χ1) is 12.4. The van der Waals surface area contributed by atoms with Gasteiger partial charge >= 0.3 is 0 Å². The van der Waals surface area contributed by atoms with E-state index in [1.165, 1.54) is 28.6 Å². The molecule has 0 atom stereocenters. The summed E-state index contributed by atoms with van der Waals surface area (Å²) in [7, 11) is -3.55. The monoisotopic (exact) mass is 377 g/mol. The van der Waals surface area contributed by atoms with E-state index in [9.17, 15) is 13.2 Å². The minimum atomic E-state index is -3.55. The number of carbonyl (C=O) groups excluding carboxylic acids is 1. The van der Waals surface area contributed by atoms with Gasteiger partial charge < -0.3 is 15.0 Å². The molecule has 0 radical (unpaired) electrons. The Morgan fingerprint density at radius 1 is 1.19 bits per heavy atom. The second-order valence-corrected chi connectivity index (χ2v) is 8.26. The van der Waals surface area contributed by atoms with Crippen molar-refractivity contribution in [2.45, 2.75) is 25.3 Å². The maximum Gasteiger partial charge on any atom is 0.251 e. The molecule has 0 spiro atoms. The van der Waals surface area contributed by atoms with Crippen LogP contribution in [0.2, 0.25) is 0 Å². The van der Waals surface area contributed by atoms with Gasteiger partial charge in [0.1, 0.15) is 0 Å². The zero-order chi connectivity index (χ0) is 18.7. The Bertz CT molecular complexity index is 882. The minimum Gasteiger partial charge on any atom is -0.379 e. The molecule has 0 saturated carbocycles. The number of carbonyl (C=O) groups is 1. The molecular formula is C18H23N3O4S. The van der Waals surface area contributed by atoms with Gasteiger partial charge in [0.25, 0.3) is 5.91 Å². The SMILES string of the molecule is Cc1cc(CNC(=O)c2ccc(S(=O)(=O)N3CCOCC3)cc2)c(C)[nH]1. The van der Waals surface area contributed by atoms with Gasteiger partial charge in [-0.05, 0) is 49.7 Å². The number of aromatic nitrogens is 1. The van der Waals surface area contributed by atoms with Gasteiger partial charge in [-0.25, -0.2) is 8.42 Å². The summed E-state index contributed by atoms with van der Waals surface area (Å²) in [5.74, 6) is -0.237. The lowest BCUT2D eigenvalue weighted by atomic mass is 10.2. The lowest BCUT2D eigenvalue weighted by Crippen LogP contribution is -2.40. The van der Waals surface area contributed by atoms with E-state index >= 15 is 0 Å². The summed E-state index contributed by atoms with van der Waals surface area (Å²) in [5.41, 5.74) is 3.53. The molecule has 3 rings (SSSR count). The molecule has 1 saturated heterocycles. The Morgan fingerprint density at radius 3 is 2.42 bits per heavy atom. The number of sulfonamides is 1. The summed E-state index contributed by atoms with van der Waals surface area (Å²) in [4.78, 5) is 15.7. The van der Waals surface area contributed by atoms with Gasteiger partial charge in [-0.15, -0.1) is 0 Å². The van der Waals surface area contributed by atoms with E-state index in [4.69, 9.17) is 4.74 Å². The molecule has 2 N–H and O–H groups in total. The zero-order valence-corrected chi connectivity index (χ0v) is 15.7. The van der Waals surface area contributed by atoms with E-state index in [1.54, 1.807) is 0 Å². The van der Waals surface area contributed by atoms with Gasteiger partial charge in [0, 0.05) is 36.6 Å². The molecule has 1 amide bonds. The quantitative estimate of drug-likeness (QED) is 0.828. The fourth-order valence-corrected chi connectivity index (χ4v) is 4.37. The highest BCUT2D eigenvalue weighted by Crippen LogP contribution is 2.18. The molecule has 2 aromatic rings. The van der Waals surface area contributed by atoms with Crippen LogP contribution >= 0.6 is 0 Å². The van der Waals surface area contributed by atoms with Crippen LogP contribution in [0.1, 0.15) is 27.3 Å². The second-order valence-electron chi connectivity index (χ2n) is 6.33. The number of ether oxygens (including phenoxy) is 1. The van der Waals surface area contributed by atoms with Gasteiger partial charge in [0.2, 0.25) is 10.0 Å². The van der Waals surface area contributed by atoms with Gasteiger partial charge in [-0.3, -0.25) is 4.79 Å². The van der Waals surface area contributed by atoms with Gasteiger partial charge in [0.15, 0.2) is 0 Å². The fraction of sp³-hybridized carbons (Fsp3) is 0.389. The molecule has 26 heavy (non-hydrogen) atoms. The van der Waals surface area contributed by atoms with Gasteiger partial charge in [-0.1, -0.05) is 0 Å².